The second-order valence-electron chi connectivity index (χ2n) is 5.59. The zero-order chi connectivity index (χ0) is 13.5. The molecule has 3 nitrogen and oxygen atoms in total. The molecule has 0 aromatic heterocycles. The first kappa shape index (κ1) is 14.4. The molecule has 3 N–H and O–H groups in total. The van der Waals surface area contributed by atoms with Crippen molar-refractivity contribution in [1.82, 2.24) is 5.43 Å². The molecule has 1 aliphatic rings. The standard InChI is InChI=1S/C16H26N2O/c1-19-15-10-6-9-14(12-15)16(18-17)11-13-7-4-2-3-5-8-13/h6,9-10,12-13,16,18H,2-5,7-8,11,17H2,1H3. The number of hydrazine groups is 1. The lowest BCUT2D eigenvalue weighted by atomic mass is 9.90. The monoisotopic (exact) mass is 262 g/mol. The van der Waals surface area contributed by atoms with Gasteiger partial charge in [-0.3, -0.25) is 11.3 Å². The van der Waals surface area contributed by atoms with Gasteiger partial charge in [0.1, 0.15) is 5.75 Å². The van der Waals surface area contributed by atoms with Crippen LogP contribution in [0.1, 0.15) is 56.6 Å². The van der Waals surface area contributed by atoms with E-state index in [1.807, 2.05) is 12.1 Å². The molecule has 0 bridgehead atoms. The molecule has 1 aliphatic carbocycles. The van der Waals surface area contributed by atoms with Crippen molar-refractivity contribution < 1.29 is 4.74 Å². The van der Waals surface area contributed by atoms with Crippen molar-refractivity contribution in [1.29, 1.82) is 0 Å². The van der Waals surface area contributed by atoms with Gasteiger partial charge in [-0.2, -0.15) is 0 Å². The van der Waals surface area contributed by atoms with E-state index in [1.165, 1.54) is 44.1 Å². The Hall–Kier alpha value is -1.06. The Morgan fingerprint density at radius 1 is 1.26 bits per heavy atom. The Morgan fingerprint density at radius 2 is 2.00 bits per heavy atom. The van der Waals surface area contributed by atoms with Crippen molar-refractivity contribution in [2.75, 3.05) is 7.11 Å². The van der Waals surface area contributed by atoms with Gasteiger partial charge < -0.3 is 4.74 Å². The molecule has 1 aromatic carbocycles. The van der Waals surface area contributed by atoms with Gasteiger partial charge in [0.15, 0.2) is 0 Å². The molecule has 0 heterocycles. The molecule has 0 amide bonds. The maximum atomic E-state index is 5.76. The number of nitrogens with one attached hydrogen (secondary N) is 1. The molecule has 1 atom stereocenters. The van der Waals surface area contributed by atoms with Gasteiger partial charge >= 0.3 is 0 Å². The summed E-state index contributed by atoms with van der Waals surface area (Å²) in [6.45, 7) is 0. The van der Waals surface area contributed by atoms with E-state index in [4.69, 9.17) is 10.6 Å². The molecule has 19 heavy (non-hydrogen) atoms. The highest BCUT2D eigenvalue weighted by molar-refractivity contribution is 5.30. The van der Waals surface area contributed by atoms with Crippen LogP contribution in [0.25, 0.3) is 0 Å². The zero-order valence-electron chi connectivity index (χ0n) is 11.9. The Balaban J connectivity index is 2.01. The first-order valence-corrected chi connectivity index (χ1v) is 7.43. The summed E-state index contributed by atoms with van der Waals surface area (Å²) in [5, 5.41) is 0. The minimum atomic E-state index is 0.234. The highest BCUT2D eigenvalue weighted by Gasteiger charge is 2.19. The van der Waals surface area contributed by atoms with E-state index in [-0.39, 0.29) is 6.04 Å². The quantitative estimate of drug-likeness (QED) is 0.484. The SMILES string of the molecule is COc1cccc(C(CC2CCCCCC2)NN)c1. The number of methoxy groups -OCH3 is 1. The summed E-state index contributed by atoms with van der Waals surface area (Å²) < 4.78 is 5.29. The van der Waals surface area contributed by atoms with Gasteiger partial charge in [0.25, 0.3) is 0 Å². The number of ether oxygens (including phenoxy) is 1. The maximum absolute atomic E-state index is 5.76. The van der Waals surface area contributed by atoms with Gasteiger partial charge in [-0.15, -0.1) is 0 Å². The predicted octanol–water partition coefficient (Wildman–Crippen LogP) is 3.56. The lowest BCUT2D eigenvalue weighted by Crippen LogP contribution is -2.29. The molecule has 0 radical (unpaired) electrons. The van der Waals surface area contributed by atoms with E-state index < -0.39 is 0 Å². The van der Waals surface area contributed by atoms with Crippen molar-refractivity contribution in [3.8, 4) is 5.75 Å². The Morgan fingerprint density at radius 3 is 2.63 bits per heavy atom. The number of hydrogen-bond acceptors (Lipinski definition) is 3. The fraction of sp³-hybridized carbons (Fsp3) is 0.625. The van der Waals surface area contributed by atoms with Gasteiger partial charge in [-0.1, -0.05) is 50.7 Å². The average molecular weight is 262 g/mol. The van der Waals surface area contributed by atoms with E-state index in [0.29, 0.717) is 0 Å². The summed E-state index contributed by atoms with van der Waals surface area (Å²) in [6.07, 6.45) is 9.38. The van der Waals surface area contributed by atoms with Crippen LogP contribution in [0.15, 0.2) is 24.3 Å². The van der Waals surface area contributed by atoms with Crippen LogP contribution >= 0.6 is 0 Å². The first-order chi connectivity index (χ1) is 9.33. The first-order valence-electron chi connectivity index (χ1n) is 7.43. The van der Waals surface area contributed by atoms with E-state index in [1.54, 1.807) is 7.11 Å². The highest BCUT2D eigenvalue weighted by Crippen LogP contribution is 2.31. The lowest BCUT2D eigenvalue weighted by Gasteiger charge is -2.22. The smallest absolute Gasteiger partial charge is 0.119 e. The van der Waals surface area contributed by atoms with Crippen molar-refractivity contribution in [2.45, 2.75) is 51.0 Å². The largest absolute Gasteiger partial charge is 0.497 e. The minimum Gasteiger partial charge on any atom is -0.497 e. The molecular weight excluding hydrogens is 236 g/mol. The molecule has 1 saturated carbocycles. The van der Waals surface area contributed by atoms with Crippen molar-refractivity contribution in [2.24, 2.45) is 11.8 Å². The number of hydrogen-bond donors (Lipinski definition) is 2. The van der Waals surface area contributed by atoms with Crippen LogP contribution in [0.2, 0.25) is 0 Å². The van der Waals surface area contributed by atoms with Gasteiger partial charge in [0.2, 0.25) is 0 Å². The molecular formula is C16H26N2O. The highest BCUT2D eigenvalue weighted by atomic mass is 16.5. The van der Waals surface area contributed by atoms with Crippen LogP contribution < -0.4 is 16.0 Å². The summed E-state index contributed by atoms with van der Waals surface area (Å²) >= 11 is 0. The van der Waals surface area contributed by atoms with Crippen LogP contribution in [0.5, 0.6) is 5.75 Å². The molecule has 0 saturated heterocycles. The summed E-state index contributed by atoms with van der Waals surface area (Å²) in [6, 6.07) is 8.46. The third-order valence-electron chi connectivity index (χ3n) is 4.24. The lowest BCUT2D eigenvalue weighted by molar-refractivity contribution is 0.357. The topological polar surface area (TPSA) is 47.3 Å². The predicted molar refractivity (Wildman–Crippen MR) is 78.9 cm³/mol. The Labute approximate surface area is 116 Å². The second-order valence-corrected chi connectivity index (χ2v) is 5.59. The van der Waals surface area contributed by atoms with Crippen LogP contribution in [0.4, 0.5) is 0 Å². The van der Waals surface area contributed by atoms with E-state index in [9.17, 15) is 0 Å². The van der Waals surface area contributed by atoms with Crippen molar-refractivity contribution in [3.05, 3.63) is 29.8 Å². The molecule has 0 spiro atoms. The van der Waals surface area contributed by atoms with Crippen molar-refractivity contribution >= 4 is 0 Å². The van der Waals surface area contributed by atoms with Gasteiger partial charge in [0, 0.05) is 6.04 Å². The van der Waals surface area contributed by atoms with Crippen LogP contribution in [0, 0.1) is 5.92 Å². The Bertz CT molecular complexity index is 373. The number of nitrogens with two attached hydrogens (primary N) is 1. The van der Waals surface area contributed by atoms with Crippen LogP contribution in [-0.2, 0) is 0 Å². The summed E-state index contributed by atoms with van der Waals surface area (Å²) in [4.78, 5) is 0. The summed E-state index contributed by atoms with van der Waals surface area (Å²) in [5.74, 6) is 7.46. The molecule has 0 aliphatic heterocycles. The third kappa shape index (κ3) is 4.22. The Kier molecular flexibility index (Phi) is 5.67. The molecule has 3 heteroatoms. The van der Waals surface area contributed by atoms with Crippen LogP contribution in [0.3, 0.4) is 0 Å². The van der Waals surface area contributed by atoms with Gasteiger partial charge in [-0.25, -0.2) is 0 Å². The third-order valence-corrected chi connectivity index (χ3v) is 4.24. The average Bonchev–Trinajstić information content (AvgIpc) is 2.73. The number of benzene rings is 1. The zero-order valence-corrected chi connectivity index (χ0v) is 11.9. The van der Waals surface area contributed by atoms with Crippen molar-refractivity contribution in [3.63, 3.8) is 0 Å². The molecule has 106 valence electrons. The molecule has 2 rings (SSSR count). The summed E-state index contributed by atoms with van der Waals surface area (Å²) in [5.41, 5.74) is 4.21. The maximum Gasteiger partial charge on any atom is 0.119 e. The fourth-order valence-electron chi connectivity index (χ4n) is 3.09. The fourth-order valence-corrected chi connectivity index (χ4v) is 3.09. The molecule has 1 unspecified atom stereocenters. The molecule has 1 aromatic rings. The van der Waals surface area contributed by atoms with Gasteiger partial charge in [-0.05, 0) is 30.0 Å². The molecule has 1 fully saturated rings. The normalized spacial score (nSPS) is 18.8. The minimum absolute atomic E-state index is 0.234. The van der Waals surface area contributed by atoms with Gasteiger partial charge in [0.05, 0.1) is 7.11 Å². The van der Waals surface area contributed by atoms with E-state index in [0.717, 1.165) is 18.1 Å². The van der Waals surface area contributed by atoms with E-state index >= 15 is 0 Å². The second kappa shape index (κ2) is 7.51. The van der Waals surface area contributed by atoms with Crippen LogP contribution in [-0.4, -0.2) is 7.11 Å². The van der Waals surface area contributed by atoms with E-state index in [2.05, 4.69) is 17.6 Å². The number of rotatable bonds is 5. The summed E-state index contributed by atoms with van der Waals surface area (Å²) in [7, 11) is 1.70.